The predicted octanol–water partition coefficient (Wildman–Crippen LogP) is 15.0. The molecule has 2 N–H and O–H groups in total. The molecular formula is C50H36F12N4O4. The molecule has 0 spiro atoms. The maximum absolute atomic E-state index is 14.6. The molecule has 0 saturated carbocycles. The Kier molecular flexibility index (Phi) is 13.2. The molecular weight excluding hydrogens is 949 g/mol. The normalized spacial score (nSPS) is 13.1. The van der Waals surface area contributed by atoms with Gasteiger partial charge in [-0.2, -0.15) is 52.7 Å². The minimum Gasteiger partial charge on any atom is -0.506 e. The van der Waals surface area contributed by atoms with Gasteiger partial charge in [0, 0.05) is 24.9 Å². The van der Waals surface area contributed by atoms with E-state index in [9.17, 15) is 62.9 Å². The van der Waals surface area contributed by atoms with Crippen molar-refractivity contribution in [1.82, 2.24) is 9.97 Å². The van der Waals surface area contributed by atoms with Crippen LogP contribution in [-0.2, 0) is 10.8 Å². The van der Waals surface area contributed by atoms with Gasteiger partial charge in [-0.25, -0.2) is 9.97 Å². The number of fused-ring (bicyclic) bond motifs is 2. The summed E-state index contributed by atoms with van der Waals surface area (Å²) in [5, 5.41) is 20.0. The second-order valence-electron chi connectivity index (χ2n) is 15.9. The molecule has 2 aromatic heterocycles. The van der Waals surface area contributed by atoms with Crippen LogP contribution < -0.4 is 0 Å². The largest absolute Gasteiger partial charge is 0.506 e. The molecule has 0 aliphatic heterocycles. The van der Waals surface area contributed by atoms with Gasteiger partial charge in [0.05, 0.1) is 0 Å². The monoisotopic (exact) mass is 984 g/mol. The number of aromatic hydroxyl groups is 2. The van der Waals surface area contributed by atoms with E-state index in [1.807, 2.05) is 13.0 Å². The van der Waals surface area contributed by atoms with Crippen molar-refractivity contribution in [2.45, 2.75) is 63.2 Å². The van der Waals surface area contributed by atoms with E-state index in [0.29, 0.717) is 35.4 Å². The summed E-state index contributed by atoms with van der Waals surface area (Å²) in [7, 11) is 0. The molecule has 8 rings (SSSR count). The first kappa shape index (κ1) is 50.2. The van der Waals surface area contributed by atoms with Crippen LogP contribution >= 0.6 is 0 Å². The number of phenols is 2. The fourth-order valence-corrected chi connectivity index (χ4v) is 8.06. The average molecular weight is 985 g/mol. The fraction of sp³-hybridized carbons (Fsp3) is 0.200. The third-order valence-electron chi connectivity index (χ3n) is 11.2. The van der Waals surface area contributed by atoms with Gasteiger partial charge in [-0.15, -0.1) is 0 Å². The highest BCUT2D eigenvalue weighted by Gasteiger charge is 2.74. The second kappa shape index (κ2) is 18.4. The van der Waals surface area contributed by atoms with Gasteiger partial charge >= 0.3 is 24.7 Å². The van der Waals surface area contributed by atoms with Gasteiger partial charge in [0.2, 0.25) is 16.7 Å². The zero-order valence-corrected chi connectivity index (χ0v) is 36.7. The van der Waals surface area contributed by atoms with Crippen molar-refractivity contribution >= 4 is 46.0 Å². The molecule has 0 saturated heterocycles. The lowest BCUT2D eigenvalue weighted by Crippen LogP contribution is -2.54. The molecule has 0 atom stereocenters. The van der Waals surface area contributed by atoms with Crippen LogP contribution in [0.25, 0.3) is 33.7 Å². The van der Waals surface area contributed by atoms with E-state index in [2.05, 4.69) is 20.0 Å². The van der Waals surface area contributed by atoms with E-state index >= 15 is 0 Å². The number of hydrogen-bond acceptors (Lipinski definition) is 8. The highest BCUT2D eigenvalue weighted by atomic mass is 19.4. The number of aliphatic imine (C=N–C) groups is 2. The van der Waals surface area contributed by atoms with Gasteiger partial charge in [-0.1, -0.05) is 71.8 Å². The predicted molar refractivity (Wildman–Crippen MR) is 237 cm³/mol. The Morgan fingerprint density at radius 3 is 1.41 bits per heavy atom. The van der Waals surface area contributed by atoms with Crippen LogP contribution in [0.4, 0.5) is 64.1 Å². The number of nitrogens with zero attached hydrogens (tertiary/aromatic N) is 4. The Morgan fingerprint density at radius 1 is 0.486 bits per heavy atom. The van der Waals surface area contributed by atoms with E-state index in [4.69, 9.17) is 8.83 Å². The topological polar surface area (TPSA) is 117 Å². The zero-order chi connectivity index (χ0) is 51.2. The van der Waals surface area contributed by atoms with Crippen LogP contribution in [0.1, 0.15) is 51.8 Å². The van der Waals surface area contributed by atoms with Crippen LogP contribution in [0.5, 0.6) is 11.5 Å². The number of rotatable bonds is 8. The lowest BCUT2D eigenvalue weighted by atomic mass is 9.72. The zero-order valence-electron chi connectivity index (χ0n) is 36.7. The third-order valence-corrected chi connectivity index (χ3v) is 11.2. The van der Waals surface area contributed by atoms with Crippen molar-refractivity contribution in [2.24, 2.45) is 9.98 Å². The molecule has 20 heteroatoms. The molecule has 0 bridgehead atoms. The SMILES string of the molecule is CC=Nc1cc(C(c2ccc(O)c(N=Cc3cccc(C)c3)c2)(C(F)(F)F)C(F)(F)F)ccc1O.Cc1cccc(-c2nc3cc(C(c4ccc5oc(C)nc5c4)(C(F)(F)F)C(F)(F)F)ccc3o2)c1. The standard InChI is InChI=1S/C25H16F6N2O2.C25H20F6N2O2/c1-13-4-3-5-15(10-13)22-33-19-12-17(7-9-21(19)35-22)23(24(26,27)28,25(29,30)31)16-6-8-20-18(11-16)32-14(2)34-20;1-3-32-19-12-17(7-9-21(19)34)23(24(26,27)28,25(29,30)31)18-8-10-22(35)20(13-18)33-14-16-6-4-5-15(2)11-16/h3-12H,1-2H3;3-14,34-35H,1-2H3. The molecule has 0 amide bonds. The van der Waals surface area contributed by atoms with Crippen molar-refractivity contribution in [1.29, 1.82) is 0 Å². The quantitative estimate of drug-likeness (QED) is 0.116. The first-order valence-electron chi connectivity index (χ1n) is 20.6. The number of phenolic OH excluding ortho intramolecular Hbond substituents is 2. The number of aryl methyl sites for hydroxylation is 3. The van der Waals surface area contributed by atoms with Crippen LogP contribution in [0, 0.1) is 20.8 Å². The Balaban J connectivity index is 0.000000206. The van der Waals surface area contributed by atoms with E-state index in [0.717, 1.165) is 65.9 Å². The van der Waals surface area contributed by atoms with Crippen LogP contribution in [0.3, 0.4) is 0 Å². The maximum atomic E-state index is 14.6. The Bertz CT molecular complexity index is 3250. The molecule has 0 fully saturated rings. The maximum Gasteiger partial charge on any atom is 0.411 e. The first-order valence-corrected chi connectivity index (χ1v) is 20.6. The van der Waals surface area contributed by atoms with Crippen molar-refractivity contribution in [3.05, 3.63) is 166 Å². The van der Waals surface area contributed by atoms with E-state index < -0.39 is 80.7 Å². The average Bonchev–Trinajstić information content (AvgIpc) is 3.86. The van der Waals surface area contributed by atoms with Gasteiger partial charge in [-0.05, 0) is 109 Å². The summed E-state index contributed by atoms with van der Waals surface area (Å²) in [5.74, 6) is -0.975. The Labute approximate surface area is 389 Å². The molecule has 0 aliphatic carbocycles. The summed E-state index contributed by atoms with van der Waals surface area (Å²) in [6.07, 6.45) is -20.8. The molecule has 2 heterocycles. The Morgan fingerprint density at radius 2 is 0.929 bits per heavy atom. The molecule has 8 aromatic rings. The summed E-state index contributed by atoms with van der Waals surface area (Å²) in [4.78, 5) is 15.7. The molecule has 364 valence electrons. The minimum atomic E-state index is -5.86. The number of oxazole rings is 2. The summed E-state index contributed by atoms with van der Waals surface area (Å²) in [6.45, 7) is 6.47. The molecule has 0 aliphatic rings. The van der Waals surface area contributed by atoms with Gasteiger partial charge in [0.1, 0.15) is 33.9 Å². The molecule has 6 aromatic carbocycles. The van der Waals surface area contributed by atoms with Gasteiger partial charge < -0.3 is 19.0 Å². The summed E-state index contributed by atoms with van der Waals surface area (Å²) in [6, 6.07) is 22.7. The van der Waals surface area contributed by atoms with Gasteiger partial charge in [0.25, 0.3) is 0 Å². The van der Waals surface area contributed by atoms with Gasteiger partial charge in [-0.3, -0.25) is 9.98 Å². The van der Waals surface area contributed by atoms with Crippen molar-refractivity contribution < 1.29 is 71.7 Å². The van der Waals surface area contributed by atoms with Crippen LogP contribution in [-0.4, -0.2) is 57.3 Å². The Hall–Kier alpha value is -7.64. The van der Waals surface area contributed by atoms with Crippen molar-refractivity contribution in [2.75, 3.05) is 0 Å². The lowest BCUT2D eigenvalue weighted by molar-refractivity contribution is -0.290. The highest BCUT2D eigenvalue weighted by Crippen LogP contribution is 2.59. The summed E-state index contributed by atoms with van der Waals surface area (Å²) >= 11 is 0. The van der Waals surface area contributed by atoms with E-state index in [-0.39, 0.29) is 34.0 Å². The summed E-state index contributed by atoms with van der Waals surface area (Å²) < 4.78 is 185. The number of halogens is 12. The van der Waals surface area contributed by atoms with Crippen molar-refractivity contribution in [3.8, 4) is 23.0 Å². The lowest BCUT2D eigenvalue weighted by Gasteiger charge is -2.38. The fourth-order valence-electron chi connectivity index (χ4n) is 8.06. The molecule has 8 nitrogen and oxygen atoms in total. The number of alkyl halides is 12. The summed E-state index contributed by atoms with van der Waals surface area (Å²) in [5.41, 5.74) is -11.5. The minimum absolute atomic E-state index is 0.0612. The first-order chi connectivity index (χ1) is 32.7. The third kappa shape index (κ3) is 9.16. The number of benzene rings is 6. The smallest absolute Gasteiger partial charge is 0.411 e. The second-order valence-corrected chi connectivity index (χ2v) is 15.9. The van der Waals surface area contributed by atoms with Crippen molar-refractivity contribution in [3.63, 3.8) is 0 Å². The molecule has 70 heavy (non-hydrogen) atoms. The molecule has 0 unspecified atom stereocenters. The number of aromatic nitrogens is 2. The number of hydrogen-bond donors (Lipinski definition) is 2. The van der Waals surface area contributed by atoms with Crippen LogP contribution in [0.15, 0.2) is 140 Å². The van der Waals surface area contributed by atoms with Gasteiger partial charge in [0.15, 0.2) is 17.1 Å². The van der Waals surface area contributed by atoms with Crippen LogP contribution in [0.2, 0.25) is 0 Å². The highest BCUT2D eigenvalue weighted by molar-refractivity contribution is 5.83. The van der Waals surface area contributed by atoms with E-state index in [1.54, 1.807) is 49.4 Å². The molecule has 0 radical (unpaired) electrons. The van der Waals surface area contributed by atoms with E-state index in [1.165, 1.54) is 20.1 Å².